The maximum atomic E-state index is 13.3. The zero-order valence-corrected chi connectivity index (χ0v) is 11.8. The number of carbonyl (C=O) groups is 1. The molecule has 1 fully saturated rings. The predicted molar refractivity (Wildman–Crippen MR) is 70.9 cm³/mol. The van der Waals surface area contributed by atoms with Crippen LogP contribution in [0.15, 0.2) is 18.2 Å². The van der Waals surface area contributed by atoms with Crippen molar-refractivity contribution in [2.75, 3.05) is 13.7 Å². The molecule has 2 rings (SSSR count). The second-order valence-electron chi connectivity index (χ2n) is 5.11. The van der Waals surface area contributed by atoms with Gasteiger partial charge in [0.25, 0.3) is 5.92 Å². The summed E-state index contributed by atoms with van der Waals surface area (Å²) in [6.07, 6.45) is -0.536. The van der Waals surface area contributed by atoms with Gasteiger partial charge < -0.3 is 10.1 Å². The van der Waals surface area contributed by atoms with E-state index in [1.807, 2.05) is 0 Å². The lowest BCUT2D eigenvalue weighted by atomic mass is 10.1. The van der Waals surface area contributed by atoms with Crippen LogP contribution in [0.3, 0.4) is 0 Å². The number of benzene rings is 1. The summed E-state index contributed by atoms with van der Waals surface area (Å²) in [5.74, 6) is -3.45. The monoisotopic (exact) mass is 302 g/mol. The number of ether oxygens (including phenoxy) is 1. The molecule has 21 heavy (non-hydrogen) atoms. The first kappa shape index (κ1) is 15.6. The smallest absolute Gasteiger partial charge is 0.262 e. The number of methoxy groups -OCH3 is 1. The first-order valence-corrected chi connectivity index (χ1v) is 6.57. The molecule has 2 N–H and O–H groups in total. The molecule has 0 bridgehead atoms. The highest BCUT2D eigenvalue weighted by molar-refractivity contribution is 5.82. The number of rotatable bonds is 4. The third kappa shape index (κ3) is 3.66. The van der Waals surface area contributed by atoms with Crippen molar-refractivity contribution in [3.63, 3.8) is 0 Å². The van der Waals surface area contributed by atoms with E-state index < -0.39 is 42.7 Å². The highest BCUT2D eigenvalue weighted by Crippen LogP contribution is 2.28. The molecule has 7 heteroatoms. The Morgan fingerprint density at radius 3 is 2.81 bits per heavy atom. The maximum Gasteiger partial charge on any atom is 0.262 e. The van der Waals surface area contributed by atoms with Gasteiger partial charge in [-0.05, 0) is 25.1 Å². The minimum Gasteiger partial charge on any atom is -0.496 e. The van der Waals surface area contributed by atoms with E-state index >= 15 is 0 Å². The molecule has 0 radical (unpaired) electrons. The van der Waals surface area contributed by atoms with Gasteiger partial charge in [-0.1, -0.05) is 0 Å². The van der Waals surface area contributed by atoms with Crippen LogP contribution in [0.1, 0.15) is 24.9 Å². The fourth-order valence-electron chi connectivity index (χ4n) is 2.34. The normalized spacial score (nSPS) is 21.9. The van der Waals surface area contributed by atoms with Crippen LogP contribution in [-0.4, -0.2) is 31.5 Å². The standard InChI is InChI=1S/C14H17F3N2O2/c1-8(10-5-9(15)3-4-12(10)21-2)19-13(20)11-6-14(16,17)7-18-11/h3-5,8,11,18H,6-7H2,1-2H3,(H,19,20). The summed E-state index contributed by atoms with van der Waals surface area (Å²) < 4.78 is 44.6. The minimum atomic E-state index is -2.87. The molecule has 0 saturated carbocycles. The van der Waals surface area contributed by atoms with Crippen molar-refractivity contribution in [3.8, 4) is 5.75 Å². The molecular formula is C14H17F3N2O2. The molecule has 2 atom stereocenters. The van der Waals surface area contributed by atoms with E-state index in [4.69, 9.17) is 4.74 Å². The van der Waals surface area contributed by atoms with Crippen LogP contribution < -0.4 is 15.4 Å². The molecule has 116 valence electrons. The third-order valence-corrected chi connectivity index (χ3v) is 3.44. The Morgan fingerprint density at radius 1 is 1.52 bits per heavy atom. The summed E-state index contributed by atoms with van der Waals surface area (Å²) >= 11 is 0. The van der Waals surface area contributed by atoms with Crippen molar-refractivity contribution in [2.24, 2.45) is 0 Å². The first-order chi connectivity index (χ1) is 9.82. The summed E-state index contributed by atoms with van der Waals surface area (Å²) in [7, 11) is 1.43. The molecule has 1 aromatic carbocycles. The van der Waals surface area contributed by atoms with E-state index in [0.717, 1.165) is 0 Å². The molecular weight excluding hydrogens is 285 g/mol. The Kier molecular flexibility index (Phi) is 4.41. The van der Waals surface area contributed by atoms with E-state index in [2.05, 4.69) is 10.6 Å². The second kappa shape index (κ2) is 5.93. The fraction of sp³-hybridized carbons (Fsp3) is 0.500. The predicted octanol–water partition coefficient (Wildman–Crippen LogP) is 2.01. The Bertz CT molecular complexity index is 537. The van der Waals surface area contributed by atoms with Crippen molar-refractivity contribution in [2.45, 2.75) is 31.4 Å². The van der Waals surface area contributed by atoms with Gasteiger partial charge in [0.2, 0.25) is 5.91 Å². The molecule has 2 unspecified atom stereocenters. The Labute approximate surface area is 120 Å². The van der Waals surface area contributed by atoms with E-state index in [9.17, 15) is 18.0 Å². The largest absolute Gasteiger partial charge is 0.496 e. The van der Waals surface area contributed by atoms with Crippen LogP contribution in [0.25, 0.3) is 0 Å². The van der Waals surface area contributed by atoms with Gasteiger partial charge in [0, 0.05) is 12.0 Å². The van der Waals surface area contributed by atoms with Crippen LogP contribution in [0, 0.1) is 5.82 Å². The zero-order chi connectivity index (χ0) is 15.6. The summed E-state index contributed by atoms with van der Waals surface area (Å²) in [5.41, 5.74) is 0.454. The van der Waals surface area contributed by atoms with Gasteiger partial charge in [-0.3, -0.25) is 10.1 Å². The van der Waals surface area contributed by atoms with E-state index in [-0.39, 0.29) is 0 Å². The van der Waals surface area contributed by atoms with Gasteiger partial charge in [0.05, 0.1) is 25.7 Å². The number of hydrogen-bond donors (Lipinski definition) is 2. The van der Waals surface area contributed by atoms with Crippen molar-refractivity contribution < 1.29 is 22.7 Å². The molecule has 1 aliphatic rings. The summed E-state index contributed by atoms with van der Waals surface area (Å²) in [6.45, 7) is 1.13. The fourth-order valence-corrected chi connectivity index (χ4v) is 2.34. The summed E-state index contributed by atoms with van der Waals surface area (Å²) in [4.78, 5) is 12.0. The minimum absolute atomic E-state index is 0.425. The molecule has 0 aromatic heterocycles. The topological polar surface area (TPSA) is 50.4 Å². The van der Waals surface area contributed by atoms with Crippen LogP contribution >= 0.6 is 0 Å². The average Bonchev–Trinajstić information content (AvgIpc) is 2.79. The van der Waals surface area contributed by atoms with E-state index in [1.165, 1.54) is 25.3 Å². The Balaban J connectivity index is 2.06. The SMILES string of the molecule is COc1ccc(F)cc1C(C)NC(=O)C1CC(F)(F)CN1. The molecule has 1 saturated heterocycles. The number of amides is 1. The van der Waals surface area contributed by atoms with Crippen molar-refractivity contribution in [1.29, 1.82) is 0 Å². The molecule has 4 nitrogen and oxygen atoms in total. The van der Waals surface area contributed by atoms with Gasteiger partial charge in [0.15, 0.2) is 0 Å². The van der Waals surface area contributed by atoms with Gasteiger partial charge in [-0.2, -0.15) is 0 Å². The van der Waals surface area contributed by atoms with Crippen LogP contribution in [0.2, 0.25) is 0 Å². The number of hydrogen-bond acceptors (Lipinski definition) is 3. The number of alkyl halides is 2. The van der Waals surface area contributed by atoms with E-state index in [0.29, 0.717) is 11.3 Å². The van der Waals surface area contributed by atoms with E-state index in [1.54, 1.807) is 6.92 Å². The van der Waals surface area contributed by atoms with Crippen molar-refractivity contribution in [3.05, 3.63) is 29.6 Å². The second-order valence-corrected chi connectivity index (χ2v) is 5.11. The molecule has 1 heterocycles. The number of carbonyl (C=O) groups excluding carboxylic acids is 1. The number of halogens is 3. The van der Waals surface area contributed by atoms with Gasteiger partial charge in [-0.15, -0.1) is 0 Å². The molecule has 1 aromatic rings. The summed E-state index contributed by atoms with van der Waals surface area (Å²) in [6, 6.07) is 2.45. The van der Waals surface area contributed by atoms with Gasteiger partial charge >= 0.3 is 0 Å². The maximum absolute atomic E-state index is 13.3. The van der Waals surface area contributed by atoms with Gasteiger partial charge in [0.1, 0.15) is 11.6 Å². The Hall–Kier alpha value is -1.76. The third-order valence-electron chi connectivity index (χ3n) is 3.44. The summed E-state index contributed by atoms with van der Waals surface area (Å²) in [5, 5.41) is 5.07. The van der Waals surface area contributed by atoms with Crippen LogP contribution in [-0.2, 0) is 4.79 Å². The Morgan fingerprint density at radius 2 is 2.24 bits per heavy atom. The van der Waals surface area contributed by atoms with Crippen molar-refractivity contribution in [1.82, 2.24) is 10.6 Å². The lowest BCUT2D eigenvalue weighted by molar-refractivity contribution is -0.124. The molecule has 0 aliphatic carbocycles. The van der Waals surface area contributed by atoms with Crippen molar-refractivity contribution >= 4 is 5.91 Å². The first-order valence-electron chi connectivity index (χ1n) is 6.57. The molecule has 0 spiro atoms. The zero-order valence-electron chi connectivity index (χ0n) is 11.8. The lowest BCUT2D eigenvalue weighted by Crippen LogP contribution is -2.41. The molecule has 1 amide bonds. The van der Waals surface area contributed by atoms with Crippen LogP contribution in [0.5, 0.6) is 5.75 Å². The van der Waals surface area contributed by atoms with Crippen LogP contribution in [0.4, 0.5) is 13.2 Å². The highest BCUT2D eigenvalue weighted by Gasteiger charge is 2.42. The quantitative estimate of drug-likeness (QED) is 0.894. The number of nitrogens with one attached hydrogen (secondary N) is 2. The lowest BCUT2D eigenvalue weighted by Gasteiger charge is -2.19. The highest BCUT2D eigenvalue weighted by atomic mass is 19.3. The van der Waals surface area contributed by atoms with Gasteiger partial charge in [-0.25, -0.2) is 13.2 Å². The molecule has 1 aliphatic heterocycles. The average molecular weight is 302 g/mol.